The predicted octanol–water partition coefficient (Wildman–Crippen LogP) is 1.97. The molecule has 1 N–H and O–H groups in total. The third-order valence-electron chi connectivity index (χ3n) is 4.75. The predicted molar refractivity (Wildman–Crippen MR) is 94.6 cm³/mol. The number of benzene rings is 1. The van der Waals surface area contributed by atoms with E-state index in [0.29, 0.717) is 5.82 Å². The minimum absolute atomic E-state index is 0.0305. The lowest BCUT2D eigenvalue weighted by molar-refractivity contribution is 0.108. The minimum Gasteiger partial charge on any atom is -0.394 e. The third kappa shape index (κ3) is 3.18. The van der Waals surface area contributed by atoms with Crippen LogP contribution in [0.3, 0.4) is 0 Å². The van der Waals surface area contributed by atoms with Crippen LogP contribution in [0.2, 0.25) is 0 Å². The summed E-state index contributed by atoms with van der Waals surface area (Å²) in [6.45, 7) is 1.77. The van der Waals surface area contributed by atoms with Gasteiger partial charge >= 0.3 is 0 Å². The van der Waals surface area contributed by atoms with Crippen molar-refractivity contribution in [3.63, 3.8) is 0 Å². The van der Waals surface area contributed by atoms with Crippen LogP contribution in [0.4, 0.5) is 0 Å². The fourth-order valence-electron chi connectivity index (χ4n) is 3.46. The number of nitrogens with zero attached hydrogens (tertiary/aromatic N) is 5. The normalized spacial score (nSPS) is 17.4. The van der Waals surface area contributed by atoms with Gasteiger partial charge < -0.3 is 5.11 Å². The molecule has 3 aromatic rings. The zero-order valence-corrected chi connectivity index (χ0v) is 14.2. The number of fused-ring (bicyclic) bond motifs is 1. The van der Waals surface area contributed by atoms with E-state index in [9.17, 15) is 5.11 Å². The lowest BCUT2D eigenvalue weighted by Gasteiger charge is -2.36. The Morgan fingerprint density at radius 2 is 1.96 bits per heavy atom. The Morgan fingerprint density at radius 1 is 1.16 bits per heavy atom. The number of rotatable bonds is 4. The molecule has 0 saturated carbocycles. The SMILES string of the molecule is Cn1cc(-c2ncc(CN3CCc4ccccc4C3CO)cn2)cn1. The standard InChI is InChI=1S/C19H21N5O/c1-23-12-16(10-22-23)19-20-8-14(9-21-19)11-24-7-6-15-4-2-3-5-17(15)18(24)13-25/h2-5,8-10,12,18,25H,6-7,11,13H2,1H3. The van der Waals surface area contributed by atoms with Crippen LogP contribution >= 0.6 is 0 Å². The Labute approximate surface area is 146 Å². The molecule has 6 nitrogen and oxygen atoms in total. The van der Waals surface area contributed by atoms with Gasteiger partial charge in [-0.15, -0.1) is 0 Å². The first-order chi connectivity index (χ1) is 12.2. The highest BCUT2D eigenvalue weighted by atomic mass is 16.3. The maximum absolute atomic E-state index is 9.90. The highest BCUT2D eigenvalue weighted by Crippen LogP contribution is 2.30. The van der Waals surface area contributed by atoms with E-state index in [4.69, 9.17) is 0 Å². The minimum atomic E-state index is 0.0305. The number of aryl methyl sites for hydroxylation is 1. The summed E-state index contributed by atoms with van der Waals surface area (Å²) in [4.78, 5) is 11.2. The van der Waals surface area contributed by atoms with Gasteiger partial charge in [-0.05, 0) is 17.5 Å². The Kier molecular flexibility index (Phi) is 4.29. The van der Waals surface area contributed by atoms with E-state index < -0.39 is 0 Å². The molecule has 0 saturated heterocycles. The molecule has 0 amide bonds. The molecule has 0 bridgehead atoms. The monoisotopic (exact) mass is 335 g/mol. The van der Waals surface area contributed by atoms with Crippen molar-refractivity contribution in [3.8, 4) is 11.4 Å². The van der Waals surface area contributed by atoms with Crippen molar-refractivity contribution in [2.75, 3.05) is 13.2 Å². The molecule has 128 valence electrons. The van der Waals surface area contributed by atoms with Gasteiger partial charge in [0, 0.05) is 44.3 Å². The fraction of sp³-hybridized carbons (Fsp3) is 0.316. The first-order valence-corrected chi connectivity index (χ1v) is 8.47. The van der Waals surface area contributed by atoms with E-state index >= 15 is 0 Å². The zero-order chi connectivity index (χ0) is 17.2. The number of aliphatic hydroxyl groups is 1. The Balaban J connectivity index is 1.52. The van der Waals surface area contributed by atoms with Gasteiger partial charge in [0.05, 0.1) is 24.4 Å². The van der Waals surface area contributed by atoms with Gasteiger partial charge in [0.25, 0.3) is 0 Å². The van der Waals surface area contributed by atoms with Gasteiger partial charge in [-0.2, -0.15) is 5.10 Å². The quantitative estimate of drug-likeness (QED) is 0.789. The highest BCUT2D eigenvalue weighted by molar-refractivity contribution is 5.51. The summed E-state index contributed by atoms with van der Waals surface area (Å²) >= 11 is 0. The molecule has 1 aromatic carbocycles. The summed E-state index contributed by atoms with van der Waals surface area (Å²) in [6.07, 6.45) is 8.40. The molecule has 4 rings (SSSR count). The van der Waals surface area contributed by atoms with Gasteiger partial charge in [-0.3, -0.25) is 9.58 Å². The van der Waals surface area contributed by atoms with Crippen LogP contribution in [0.15, 0.2) is 49.1 Å². The molecular weight excluding hydrogens is 314 g/mol. The van der Waals surface area contributed by atoms with Gasteiger partial charge in [0.15, 0.2) is 5.82 Å². The summed E-state index contributed by atoms with van der Waals surface area (Å²) in [6, 6.07) is 8.40. The zero-order valence-electron chi connectivity index (χ0n) is 14.2. The molecule has 0 fully saturated rings. The largest absolute Gasteiger partial charge is 0.394 e. The topological polar surface area (TPSA) is 67.1 Å². The molecule has 1 aliphatic heterocycles. The summed E-state index contributed by atoms with van der Waals surface area (Å²) < 4.78 is 1.74. The average molecular weight is 335 g/mol. The van der Waals surface area contributed by atoms with E-state index in [0.717, 1.165) is 30.6 Å². The van der Waals surface area contributed by atoms with Gasteiger partial charge in [0.2, 0.25) is 0 Å². The van der Waals surface area contributed by atoms with Gasteiger partial charge in [-0.25, -0.2) is 9.97 Å². The molecule has 0 spiro atoms. The lowest BCUT2D eigenvalue weighted by atomic mass is 9.93. The molecule has 3 heterocycles. The van der Waals surface area contributed by atoms with Crippen LogP contribution in [0.1, 0.15) is 22.7 Å². The van der Waals surface area contributed by atoms with Crippen LogP contribution in [0.5, 0.6) is 0 Å². The number of aliphatic hydroxyl groups excluding tert-OH is 1. The van der Waals surface area contributed by atoms with Crippen LogP contribution < -0.4 is 0 Å². The molecule has 0 aliphatic carbocycles. The van der Waals surface area contributed by atoms with Crippen molar-refractivity contribution < 1.29 is 5.11 Å². The van der Waals surface area contributed by atoms with Crippen LogP contribution in [-0.2, 0) is 20.0 Å². The van der Waals surface area contributed by atoms with E-state index in [1.165, 1.54) is 11.1 Å². The molecule has 25 heavy (non-hydrogen) atoms. The first kappa shape index (κ1) is 15.9. The van der Waals surface area contributed by atoms with Crippen LogP contribution in [0, 0.1) is 0 Å². The lowest BCUT2D eigenvalue weighted by Crippen LogP contribution is -2.36. The molecule has 1 unspecified atom stereocenters. The maximum Gasteiger partial charge on any atom is 0.162 e. The molecule has 1 atom stereocenters. The van der Waals surface area contributed by atoms with Crippen molar-refractivity contribution in [1.82, 2.24) is 24.6 Å². The second kappa shape index (κ2) is 6.74. The second-order valence-corrected chi connectivity index (χ2v) is 6.44. The Bertz CT molecular complexity index is 858. The molecule has 1 aliphatic rings. The van der Waals surface area contributed by atoms with E-state index in [1.54, 1.807) is 10.9 Å². The first-order valence-electron chi connectivity index (χ1n) is 8.47. The van der Waals surface area contributed by atoms with Crippen molar-refractivity contribution in [3.05, 3.63) is 65.7 Å². The Morgan fingerprint density at radius 3 is 2.68 bits per heavy atom. The molecule has 6 heteroatoms. The maximum atomic E-state index is 9.90. The number of hydrogen-bond acceptors (Lipinski definition) is 5. The van der Waals surface area contributed by atoms with Crippen molar-refractivity contribution in [2.45, 2.75) is 19.0 Å². The van der Waals surface area contributed by atoms with E-state index in [1.807, 2.05) is 31.7 Å². The van der Waals surface area contributed by atoms with Crippen LogP contribution in [-0.4, -0.2) is 42.9 Å². The van der Waals surface area contributed by atoms with Crippen molar-refractivity contribution in [1.29, 1.82) is 0 Å². The van der Waals surface area contributed by atoms with E-state index in [2.05, 4.69) is 38.2 Å². The second-order valence-electron chi connectivity index (χ2n) is 6.44. The van der Waals surface area contributed by atoms with Crippen LogP contribution in [0.25, 0.3) is 11.4 Å². The molecular formula is C19H21N5O. The fourth-order valence-corrected chi connectivity index (χ4v) is 3.46. The van der Waals surface area contributed by atoms with Crippen molar-refractivity contribution in [2.24, 2.45) is 7.05 Å². The summed E-state index contributed by atoms with van der Waals surface area (Å²) in [5.41, 5.74) is 4.52. The summed E-state index contributed by atoms with van der Waals surface area (Å²) in [5.74, 6) is 0.680. The van der Waals surface area contributed by atoms with E-state index in [-0.39, 0.29) is 12.6 Å². The summed E-state index contributed by atoms with van der Waals surface area (Å²) in [5, 5.41) is 14.1. The van der Waals surface area contributed by atoms with Crippen molar-refractivity contribution >= 4 is 0 Å². The van der Waals surface area contributed by atoms with Gasteiger partial charge in [0.1, 0.15) is 0 Å². The average Bonchev–Trinajstić information content (AvgIpc) is 3.08. The third-order valence-corrected chi connectivity index (χ3v) is 4.75. The number of hydrogen-bond donors (Lipinski definition) is 1. The van der Waals surface area contributed by atoms with Gasteiger partial charge in [-0.1, -0.05) is 24.3 Å². The number of aromatic nitrogens is 4. The highest BCUT2D eigenvalue weighted by Gasteiger charge is 2.26. The molecule has 2 aromatic heterocycles. The smallest absolute Gasteiger partial charge is 0.162 e. The Hall–Kier alpha value is -2.57. The molecule has 0 radical (unpaired) electrons. The summed E-state index contributed by atoms with van der Waals surface area (Å²) in [7, 11) is 1.88.